The molecule has 0 unspecified atom stereocenters. The van der Waals surface area contributed by atoms with Crippen molar-refractivity contribution in [1.82, 2.24) is 4.98 Å². The van der Waals surface area contributed by atoms with Gasteiger partial charge in [-0.15, -0.1) is 0 Å². The van der Waals surface area contributed by atoms with Gasteiger partial charge in [0.2, 0.25) is 0 Å². The number of hydrogen-bond donors (Lipinski definition) is 1. The third-order valence-electron chi connectivity index (χ3n) is 4.11. The summed E-state index contributed by atoms with van der Waals surface area (Å²) in [6.07, 6.45) is 4.98. The minimum atomic E-state index is -0.245. The Labute approximate surface area is 124 Å². The van der Waals surface area contributed by atoms with Crippen molar-refractivity contribution < 1.29 is 9.50 Å². The van der Waals surface area contributed by atoms with Gasteiger partial charge in [-0.05, 0) is 36.0 Å². The third kappa shape index (κ3) is 3.22. The summed E-state index contributed by atoms with van der Waals surface area (Å²) in [5.74, 6) is 0.294. The summed E-state index contributed by atoms with van der Waals surface area (Å²) in [7, 11) is 0. The number of aliphatic hydroxyl groups excluding tert-OH is 1. The number of pyridine rings is 1. The van der Waals surface area contributed by atoms with Crippen LogP contribution in [0, 0.1) is 11.7 Å². The molecule has 3 nitrogen and oxygen atoms in total. The Morgan fingerprint density at radius 1 is 1.19 bits per heavy atom. The van der Waals surface area contributed by atoms with Crippen LogP contribution in [0.15, 0.2) is 42.7 Å². The van der Waals surface area contributed by atoms with E-state index in [2.05, 4.69) is 22.0 Å². The van der Waals surface area contributed by atoms with Gasteiger partial charge in [0.25, 0.3) is 0 Å². The van der Waals surface area contributed by atoms with E-state index in [9.17, 15) is 4.39 Å². The highest BCUT2D eigenvalue weighted by Crippen LogP contribution is 2.27. The first-order valence-corrected chi connectivity index (χ1v) is 7.29. The summed E-state index contributed by atoms with van der Waals surface area (Å²) in [6, 6.07) is 9.81. The maximum Gasteiger partial charge on any atom is 0.164 e. The van der Waals surface area contributed by atoms with Crippen LogP contribution in [0.1, 0.15) is 17.5 Å². The molecule has 1 fully saturated rings. The molecule has 2 aromatic rings. The van der Waals surface area contributed by atoms with E-state index in [4.69, 9.17) is 5.11 Å². The van der Waals surface area contributed by atoms with Gasteiger partial charge >= 0.3 is 0 Å². The Morgan fingerprint density at radius 3 is 2.67 bits per heavy atom. The highest BCUT2D eigenvalue weighted by molar-refractivity contribution is 5.47. The molecule has 1 aliphatic rings. The Hall–Kier alpha value is -1.94. The molecule has 1 aliphatic heterocycles. The first kappa shape index (κ1) is 14.0. The zero-order chi connectivity index (χ0) is 14.7. The first-order chi connectivity index (χ1) is 10.3. The van der Waals surface area contributed by atoms with Crippen LogP contribution in [0.5, 0.6) is 0 Å². The molecular formula is C17H19FN2O. The van der Waals surface area contributed by atoms with Gasteiger partial charge in [0.05, 0.1) is 18.5 Å². The molecule has 1 aromatic carbocycles. The monoisotopic (exact) mass is 286 g/mol. The number of aromatic nitrogens is 1. The van der Waals surface area contributed by atoms with Crippen LogP contribution in [0.3, 0.4) is 0 Å². The molecule has 0 radical (unpaired) electrons. The van der Waals surface area contributed by atoms with E-state index in [-0.39, 0.29) is 12.4 Å². The average molecular weight is 286 g/mol. The zero-order valence-corrected chi connectivity index (χ0v) is 11.9. The van der Waals surface area contributed by atoms with E-state index in [1.54, 1.807) is 12.3 Å². The summed E-state index contributed by atoms with van der Waals surface area (Å²) < 4.78 is 13.8. The molecule has 2 heterocycles. The molecule has 0 amide bonds. The van der Waals surface area contributed by atoms with Gasteiger partial charge in [-0.3, -0.25) is 4.98 Å². The van der Waals surface area contributed by atoms with Crippen LogP contribution in [-0.2, 0) is 13.0 Å². The number of rotatable bonds is 4. The lowest BCUT2D eigenvalue weighted by Crippen LogP contribution is -2.21. The summed E-state index contributed by atoms with van der Waals surface area (Å²) in [5.41, 5.74) is 2.86. The highest BCUT2D eigenvalue weighted by atomic mass is 19.1. The molecule has 0 spiro atoms. The molecule has 1 saturated heterocycles. The number of anilines is 1. The van der Waals surface area contributed by atoms with Crippen LogP contribution < -0.4 is 4.90 Å². The second-order valence-corrected chi connectivity index (χ2v) is 5.61. The van der Waals surface area contributed by atoms with E-state index in [1.165, 1.54) is 11.8 Å². The molecule has 110 valence electrons. The van der Waals surface area contributed by atoms with E-state index >= 15 is 0 Å². The SMILES string of the molecule is OCc1ccc(C[C@H]2CCN(c3ccncc3F)C2)cc1. The predicted octanol–water partition coefficient (Wildman–Crippen LogP) is 2.78. The van der Waals surface area contributed by atoms with Gasteiger partial charge in [-0.1, -0.05) is 24.3 Å². The minimum absolute atomic E-state index is 0.0821. The van der Waals surface area contributed by atoms with Crippen LogP contribution in [0.25, 0.3) is 0 Å². The van der Waals surface area contributed by atoms with Gasteiger partial charge in [0.15, 0.2) is 5.82 Å². The van der Waals surface area contributed by atoms with Crippen molar-refractivity contribution >= 4 is 5.69 Å². The number of hydrogen-bond acceptors (Lipinski definition) is 3. The summed E-state index contributed by atoms with van der Waals surface area (Å²) in [4.78, 5) is 5.90. The quantitative estimate of drug-likeness (QED) is 0.939. The largest absolute Gasteiger partial charge is 0.392 e. The molecule has 1 N–H and O–H groups in total. The van der Waals surface area contributed by atoms with E-state index in [1.807, 2.05) is 12.1 Å². The lowest BCUT2D eigenvalue weighted by atomic mass is 9.98. The van der Waals surface area contributed by atoms with E-state index in [0.29, 0.717) is 11.6 Å². The van der Waals surface area contributed by atoms with Crippen LogP contribution in [-0.4, -0.2) is 23.2 Å². The summed E-state index contributed by atoms with van der Waals surface area (Å²) >= 11 is 0. The number of aliphatic hydroxyl groups is 1. The maximum absolute atomic E-state index is 13.8. The van der Waals surface area contributed by atoms with E-state index < -0.39 is 0 Å². The second kappa shape index (κ2) is 6.22. The fraction of sp³-hybridized carbons (Fsp3) is 0.353. The standard InChI is InChI=1S/C17H19FN2O/c18-16-10-19-7-5-17(16)20-8-6-15(11-20)9-13-1-3-14(12-21)4-2-13/h1-5,7,10,15,21H,6,8-9,11-12H2/t15-/m1/s1. The Morgan fingerprint density at radius 2 is 1.95 bits per heavy atom. The molecule has 4 heteroatoms. The lowest BCUT2D eigenvalue weighted by molar-refractivity contribution is 0.282. The Balaban J connectivity index is 1.63. The molecule has 0 bridgehead atoms. The second-order valence-electron chi connectivity index (χ2n) is 5.61. The van der Waals surface area contributed by atoms with Crippen molar-refractivity contribution in [3.63, 3.8) is 0 Å². The van der Waals surface area contributed by atoms with Gasteiger partial charge < -0.3 is 10.0 Å². The number of halogens is 1. The fourth-order valence-electron chi connectivity index (χ4n) is 2.96. The van der Waals surface area contributed by atoms with Crippen molar-refractivity contribution in [3.8, 4) is 0 Å². The molecule has 0 aliphatic carbocycles. The van der Waals surface area contributed by atoms with Crippen molar-refractivity contribution in [2.24, 2.45) is 5.92 Å². The van der Waals surface area contributed by atoms with Gasteiger partial charge in [0.1, 0.15) is 0 Å². The van der Waals surface area contributed by atoms with Crippen LogP contribution >= 0.6 is 0 Å². The smallest absolute Gasteiger partial charge is 0.164 e. The van der Waals surface area contributed by atoms with Crippen molar-refractivity contribution in [2.75, 3.05) is 18.0 Å². The number of benzene rings is 1. The fourth-order valence-corrected chi connectivity index (χ4v) is 2.96. The van der Waals surface area contributed by atoms with Crippen molar-refractivity contribution in [1.29, 1.82) is 0 Å². The minimum Gasteiger partial charge on any atom is -0.392 e. The van der Waals surface area contributed by atoms with Gasteiger partial charge in [-0.2, -0.15) is 0 Å². The molecule has 1 atom stereocenters. The van der Waals surface area contributed by atoms with Gasteiger partial charge in [-0.25, -0.2) is 4.39 Å². The summed E-state index contributed by atoms with van der Waals surface area (Å²) in [6.45, 7) is 1.85. The van der Waals surface area contributed by atoms with Gasteiger partial charge in [0, 0.05) is 19.3 Å². The van der Waals surface area contributed by atoms with E-state index in [0.717, 1.165) is 31.5 Å². The maximum atomic E-state index is 13.8. The molecule has 3 rings (SSSR count). The predicted molar refractivity (Wildman–Crippen MR) is 80.6 cm³/mol. The lowest BCUT2D eigenvalue weighted by Gasteiger charge is -2.19. The molecule has 21 heavy (non-hydrogen) atoms. The molecule has 1 aromatic heterocycles. The summed E-state index contributed by atoms with van der Waals surface area (Å²) in [5, 5.41) is 9.05. The molecular weight excluding hydrogens is 267 g/mol. The topological polar surface area (TPSA) is 36.4 Å². The van der Waals surface area contributed by atoms with Crippen molar-refractivity contribution in [2.45, 2.75) is 19.4 Å². The first-order valence-electron chi connectivity index (χ1n) is 7.29. The Bertz CT molecular complexity index is 600. The van der Waals surface area contributed by atoms with Crippen LogP contribution in [0.2, 0.25) is 0 Å². The Kier molecular flexibility index (Phi) is 4.15. The third-order valence-corrected chi connectivity index (χ3v) is 4.11. The zero-order valence-electron chi connectivity index (χ0n) is 11.9. The molecule has 0 saturated carbocycles. The normalized spacial score (nSPS) is 18.2. The highest BCUT2D eigenvalue weighted by Gasteiger charge is 2.24. The van der Waals surface area contributed by atoms with Crippen LogP contribution in [0.4, 0.5) is 10.1 Å². The average Bonchev–Trinajstić information content (AvgIpc) is 2.97. The number of nitrogens with zero attached hydrogens (tertiary/aromatic N) is 2. The van der Waals surface area contributed by atoms with Crippen molar-refractivity contribution in [3.05, 3.63) is 59.7 Å².